The molecule has 1 aliphatic rings. The van der Waals surface area contributed by atoms with Gasteiger partial charge in [0.25, 0.3) is 12.3 Å². The number of rotatable bonds is 4. The van der Waals surface area contributed by atoms with E-state index >= 15 is 0 Å². The van der Waals surface area contributed by atoms with E-state index in [0.29, 0.717) is 17.8 Å². The van der Waals surface area contributed by atoms with Crippen LogP contribution in [0.25, 0.3) is 16.9 Å². The van der Waals surface area contributed by atoms with Gasteiger partial charge in [-0.1, -0.05) is 29.8 Å². The molecule has 0 spiro atoms. The van der Waals surface area contributed by atoms with Crippen molar-refractivity contribution in [3.8, 4) is 11.3 Å². The van der Waals surface area contributed by atoms with Crippen molar-refractivity contribution in [3.63, 3.8) is 0 Å². The van der Waals surface area contributed by atoms with E-state index in [9.17, 15) is 13.6 Å². The van der Waals surface area contributed by atoms with Crippen LogP contribution in [0.5, 0.6) is 0 Å². The van der Waals surface area contributed by atoms with Crippen LogP contribution in [-0.2, 0) is 0 Å². The number of fused-ring (bicyclic) bond motifs is 1. The number of nitrogens with one attached hydrogen (secondary N) is 1. The highest BCUT2D eigenvalue weighted by Crippen LogP contribution is 2.33. The fourth-order valence-electron chi connectivity index (χ4n) is 4.46. The van der Waals surface area contributed by atoms with E-state index < -0.39 is 6.43 Å². The summed E-state index contributed by atoms with van der Waals surface area (Å²) in [6, 6.07) is 12.6. The van der Waals surface area contributed by atoms with Gasteiger partial charge in [-0.25, -0.2) is 23.3 Å². The molecule has 1 aliphatic heterocycles. The van der Waals surface area contributed by atoms with Gasteiger partial charge in [-0.15, -0.1) is 0 Å². The fourth-order valence-corrected chi connectivity index (χ4v) is 4.46. The van der Waals surface area contributed by atoms with Gasteiger partial charge in [0, 0.05) is 23.7 Å². The summed E-state index contributed by atoms with van der Waals surface area (Å²) >= 11 is 0. The van der Waals surface area contributed by atoms with E-state index in [1.54, 1.807) is 0 Å². The molecule has 3 aromatic heterocycles. The van der Waals surface area contributed by atoms with Crippen LogP contribution in [0.2, 0.25) is 0 Å². The molecule has 0 bridgehead atoms. The van der Waals surface area contributed by atoms with Crippen LogP contribution in [0.1, 0.15) is 58.9 Å². The second-order valence-electron chi connectivity index (χ2n) is 8.37. The van der Waals surface area contributed by atoms with Gasteiger partial charge in [-0.05, 0) is 38.3 Å². The number of hydrogen-bond donors (Lipinski definition) is 0. The SMILES string of the molecule is Cc1ccc(-c2cc(C(F)F)n3ncc(C(=O)N4CCCCC4c4ccc[nH+]c4)c3n2)cc1. The lowest BCUT2D eigenvalue weighted by Crippen LogP contribution is -2.38. The summed E-state index contributed by atoms with van der Waals surface area (Å²) in [6.45, 7) is 2.55. The van der Waals surface area contributed by atoms with E-state index in [2.05, 4.69) is 15.1 Å². The standard InChI is InChI=1S/C25H23F2N5O/c1-16-7-9-17(10-8-16)20-13-22(23(26)27)32-24(30-20)19(15-29-32)25(33)31-12-3-2-6-21(31)18-5-4-11-28-14-18/h4-5,7-11,13-15,21,23H,2-3,6,12H2,1H3/p+1. The van der Waals surface area contributed by atoms with Crippen molar-refractivity contribution < 1.29 is 18.6 Å². The van der Waals surface area contributed by atoms with Gasteiger partial charge in [0.1, 0.15) is 11.3 Å². The number of amides is 1. The van der Waals surface area contributed by atoms with Crippen molar-refractivity contribution >= 4 is 11.6 Å². The Labute approximate surface area is 189 Å². The fraction of sp³-hybridized carbons (Fsp3) is 0.280. The number of aryl methyl sites for hydroxylation is 1. The molecule has 1 aromatic carbocycles. The second kappa shape index (κ2) is 8.69. The molecule has 6 nitrogen and oxygen atoms in total. The summed E-state index contributed by atoms with van der Waals surface area (Å²) in [6.07, 6.45) is 5.07. The Morgan fingerprint density at radius 1 is 1.18 bits per heavy atom. The van der Waals surface area contributed by atoms with Crippen LogP contribution < -0.4 is 4.98 Å². The Bertz CT molecular complexity index is 1290. The summed E-state index contributed by atoms with van der Waals surface area (Å²) in [5, 5.41) is 4.12. The minimum atomic E-state index is -2.76. The van der Waals surface area contributed by atoms with E-state index in [1.807, 2.05) is 60.6 Å². The summed E-state index contributed by atoms with van der Waals surface area (Å²) in [5.74, 6) is -0.243. The molecule has 8 heteroatoms. The van der Waals surface area contributed by atoms with Crippen LogP contribution in [0.4, 0.5) is 8.78 Å². The first kappa shape index (κ1) is 21.2. The molecule has 1 saturated heterocycles. The summed E-state index contributed by atoms with van der Waals surface area (Å²) < 4.78 is 28.9. The second-order valence-corrected chi connectivity index (χ2v) is 8.37. The van der Waals surface area contributed by atoms with Gasteiger partial charge in [0.2, 0.25) is 0 Å². The maximum absolute atomic E-state index is 13.9. The number of aromatic nitrogens is 4. The van der Waals surface area contributed by atoms with Gasteiger partial charge >= 0.3 is 0 Å². The molecule has 1 atom stereocenters. The highest BCUT2D eigenvalue weighted by molar-refractivity contribution is 6.00. The van der Waals surface area contributed by atoms with E-state index in [-0.39, 0.29) is 28.9 Å². The third kappa shape index (κ3) is 3.97. The number of halogens is 2. The predicted octanol–water partition coefficient (Wildman–Crippen LogP) is 4.82. The van der Waals surface area contributed by atoms with Gasteiger partial charge in [0.15, 0.2) is 18.0 Å². The molecule has 168 valence electrons. The van der Waals surface area contributed by atoms with Gasteiger partial charge < -0.3 is 4.90 Å². The molecule has 4 aromatic rings. The van der Waals surface area contributed by atoms with E-state index in [0.717, 1.165) is 34.9 Å². The lowest BCUT2D eigenvalue weighted by molar-refractivity contribution is -0.379. The summed E-state index contributed by atoms with van der Waals surface area (Å²) in [7, 11) is 0. The smallest absolute Gasteiger partial charge is 0.280 e. The largest absolute Gasteiger partial charge is 0.331 e. The van der Waals surface area contributed by atoms with Crippen LogP contribution in [-0.4, -0.2) is 31.9 Å². The molecule has 1 unspecified atom stereocenters. The molecule has 5 rings (SSSR count). The highest BCUT2D eigenvalue weighted by Gasteiger charge is 2.32. The normalized spacial score (nSPS) is 16.5. The van der Waals surface area contributed by atoms with Crippen molar-refractivity contribution in [3.05, 3.63) is 83.4 Å². The van der Waals surface area contributed by atoms with Crippen LogP contribution in [0.15, 0.2) is 61.1 Å². The molecule has 0 radical (unpaired) electrons. The van der Waals surface area contributed by atoms with E-state index in [4.69, 9.17) is 0 Å². The van der Waals surface area contributed by atoms with Gasteiger partial charge in [-0.3, -0.25) is 4.79 Å². The van der Waals surface area contributed by atoms with Crippen LogP contribution in [0.3, 0.4) is 0 Å². The molecule has 4 heterocycles. The zero-order valence-electron chi connectivity index (χ0n) is 18.2. The van der Waals surface area contributed by atoms with E-state index in [1.165, 1.54) is 12.3 Å². The van der Waals surface area contributed by atoms with Crippen molar-refractivity contribution in [2.75, 3.05) is 6.54 Å². The quantitative estimate of drug-likeness (QED) is 0.450. The Morgan fingerprint density at radius 3 is 2.73 bits per heavy atom. The number of aromatic amines is 1. The number of carbonyl (C=O) groups is 1. The number of H-pyrrole nitrogens is 1. The average Bonchev–Trinajstić information content (AvgIpc) is 3.28. The number of nitrogens with zero attached hydrogens (tertiary/aromatic N) is 4. The van der Waals surface area contributed by atoms with Gasteiger partial charge in [-0.2, -0.15) is 5.10 Å². The van der Waals surface area contributed by atoms with Crippen molar-refractivity contribution in [1.82, 2.24) is 19.5 Å². The Hall–Kier alpha value is -3.68. The van der Waals surface area contributed by atoms with Gasteiger partial charge in [0.05, 0.1) is 17.9 Å². The molecular formula is C25H24F2N5O+. The van der Waals surface area contributed by atoms with Crippen LogP contribution in [0, 0.1) is 6.92 Å². The zero-order valence-corrected chi connectivity index (χ0v) is 18.2. The molecule has 0 saturated carbocycles. The Morgan fingerprint density at radius 2 is 2.00 bits per heavy atom. The average molecular weight is 448 g/mol. The Kier molecular flexibility index (Phi) is 5.58. The number of piperidine rings is 1. The monoisotopic (exact) mass is 448 g/mol. The number of hydrogen-bond acceptors (Lipinski definition) is 3. The first-order valence-corrected chi connectivity index (χ1v) is 11.0. The van der Waals surface area contributed by atoms with Crippen LogP contribution >= 0.6 is 0 Å². The third-order valence-electron chi connectivity index (χ3n) is 6.18. The molecule has 1 amide bonds. The highest BCUT2D eigenvalue weighted by atomic mass is 19.3. The number of benzene rings is 1. The topological polar surface area (TPSA) is 64.6 Å². The number of carbonyl (C=O) groups excluding carboxylic acids is 1. The van der Waals surface area contributed by atoms with Crippen molar-refractivity contribution in [2.45, 2.75) is 38.7 Å². The minimum Gasteiger partial charge on any atom is -0.331 e. The lowest BCUT2D eigenvalue weighted by Gasteiger charge is -2.35. The molecular weight excluding hydrogens is 424 g/mol. The zero-order chi connectivity index (χ0) is 22.9. The first-order chi connectivity index (χ1) is 16.0. The molecule has 1 fully saturated rings. The number of likely N-dealkylation sites (tertiary alicyclic amines) is 1. The molecule has 1 N–H and O–H groups in total. The lowest BCUT2D eigenvalue weighted by atomic mass is 9.95. The first-order valence-electron chi connectivity index (χ1n) is 11.0. The summed E-state index contributed by atoms with van der Waals surface area (Å²) in [4.78, 5) is 23.2. The molecule has 33 heavy (non-hydrogen) atoms. The maximum atomic E-state index is 13.9. The summed E-state index contributed by atoms with van der Waals surface area (Å²) in [5.41, 5.74) is 3.27. The third-order valence-corrected chi connectivity index (χ3v) is 6.18. The maximum Gasteiger partial charge on any atom is 0.280 e. The number of pyridine rings is 1. The predicted molar refractivity (Wildman–Crippen MR) is 119 cm³/mol. The van der Waals surface area contributed by atoms with Crippen molar-refractivity contribution in [2.24, 2.45) is 0 Å². The Balaban J connectivity index is 1.60. The minimum absolute atomic E-state index is 0.0894. The molecule has 0 aliphatic carbocycles. The number of alkyl halides is 2. The van der Waals surface area contributed by atoms with Crippen molar-refractivity contribution in [1.29, 1.82) is 0 Å².